The number of nitrogens with two attached hydrogens (primary N) is 1. The van der Waals surface area contributed by atoms with Gasteiger partial charge in [-0.1, -0.05) is 6.07 Å². The van der Waals surface area contributed by atoms with E-state index >= 15 is 0 Å². The lowest BCUT2D eigenvalue weighted by atomic mass is 10.1. The Labute approximate surface area is 121 Å². The van der Waals surface area contributed by atoms with Crippen molar-refractivity contribution in [3.63, 3.8) is 0 Å². The first-order valence-electron chi connectivity index (χ1n) is 7.01. The second-order valence-corrected chi connectivity index (χ2v) is 5.61. The number of aromatic nitrogens is 2. The van der Waals surface area contributed by atoms with Gasteiger partial charge in [0, 0.05) is 18.4 Å². The Morgan fingerprint density at radius 2 is 2.19 bits per heavy atom. The molecule has 2 aromatic rings. The smallest absolute Gasteiger partial charge is 0.337 e. The van der Waals surface area contributed by atoms with Crippen molar-refractivity contribution in [3.8, 4) is 0 Å². The molecule has 3 N–H and O–H groups in total. The van der Waals surface area contributed by atoms with E-state index in [1.165, 1.54) is 0 Å². The molecule has 0 radical (unpaired) electrons. The molecule has 0 spiro atoms. The fourth-order valence-electron chi connectivity index (χ4n) is 2.78. The normalized spacial score (nSPS) is 16.0. The summed E-state index contributed by atoms with van der Waals surface area (Å²) in [4.78, 5) is 27.1. The Hall–Kier alpha value is -2.37. The monoisotopic (exact) mass is 287 g/mol. The Bertz CT molecular complexity index is 731. The molecule has 110 valence electrons. The zero-order chi connectivity index (χ0) is 15.1. The lowest BCUT2D eigenvalue weighted by Crippen LogP contribution is -2.18. The number of fused-ring (bicyclic) bond motifs is 1. The highest BCUT2D eigenvalue weighted by molar-refractivity contribution is 6.01. The zero-order valence-electron chi connectivity index (χ0n) is 11.7. The molecule has 1 fully saturated rings. The third-order valence-electron chi connectivity index (χ3n) is 3.86. The molecule has 1 aliphatic carbocycles. The number of benzene rings is 1. The number of carboxylic acids is 1. The van der Waals surface area contributed by atoms with Crippen LogP contribution in [0.4, 0.5) is 0 Å². The lowest BCUT2D eigenvalue weighted by Gasteiger charge is -2.16. The van der Waals surface area contributed by atoms with Crippen molar-refractivity contribution in [2.24, 2.45) is 5.73 Å². The van der Waals surface area contributed by atoms with Crippen molar-refractivity contribution < 1.29 is 14.7 Å². The van der Waals surface area contributed by atoms with Gasteiger partial charge in [-0.2, -0.15) is 0 Å². The molecule has 1 amide bonds. The number of amides is 1. The van der Waals surface area contributed by atoms with E-state index in [2.05, 4.69) is 4.98 Å². The van der Waals surface area contributed by atoms with Crippen LogP contribution >= 0.6 is 0 Å². The molecule has 21 heavy (non-hydrogen) atoms. The van der Waals surface area contributed by atoms with E-state index in [-0.39, 0.29) is 23.9 Å². The SMILES string of the molecule is CC(CC(N)=O)n1c(C2CC2)nc2c(C(=O)O)cccc21. The van der Waals surface area contributed by atoms with Crippen molar-refractivity contribution in [3.05, 3.63) is 29.6 Å². The van der Waals surface area contributed by atoms with Gasteiger partial charge in [-0.25, -0.2) is 9.78 Å². The van der Waals surface area contributed by atoms with Gasteiger partial charge in [0.2, 0.25) is 5.91 Å². The summed E-state index contributed by atoms with van der Waals surface area (Å²) in [6.45, 7) is 1.91. The maximum atomic E-state index is 11.3. The van der Waals surface area contributed by atoms with E-state index in [0.717, 1.165) is 24.2 Å². The Balaban J connectivity index is 2.20. The number of para-hydroxylation sites is 1. The number of hydrogen-bond acceptors (Lipinski definition) is 3. The second-order valence-electron chi connectivity index (χ2n) is 5.61. The van der Waals surface area contributed by atoms with Gasteiger partial charge in [-0.3, -0.25) is 4.79 Å². The summed E-state index contributed by atoms with van der Waals surface area (Å²) in [6, 6.07) is 4.97. The maximum Gasteiger partial charge on any atom is 0.337 e. The highest BCUT2D eigenvalue weighted by Crippen LogP contribution is 2.42. The zero-order valence-corrected chi connectivity index (χ0v) is 11.7. The molecule has 1 unspecified atom stereocenters. The Kier molecular flexibility index (Phi) is 3.16. The minimum Gasteiger partial charge on any atom is -0.478 e. The van der Waals surface area contributed by atoms with Crippen LogP contribution in [0.15, 0.2) is 18.2 Å². The molecule has 1 saturated carbocycles. The van der Waals surface area contributed by atoms with Crippen LogP contribution in [0.1, 0.15) is 54.3 Å². The topological polar surface area (TPSA) is 98.2 Å². The van der Waals surface area contributed by atoms with Gasteiger partial charge in [-0.15, -0.1) is 0 Å². The van der Waals surface area contributed by atoms with E-state index in [0.29, 0.717) is 11.4 Å². The summed E-state index contributed by atoms with van der Waals surface area (Å²) >= 11 is 0. The average molecular weight is 287 g/mol. The van der Waals surface area contributed by atoms with Crippen LogP contribution in [0.25, 0.3) is 11.0 Å². The third-order valence-corrected chi connectivity index (χ3v) is 3.86. The first-order chi connectivity index (χ1) is 9.99. The number of primary amides is 1. The van der Waals surface area contributed by atoms with E-state index < -0.39 is 5.97 Å². The molecule has 6 heteroatoms. The van der Waals surface area contributed by atoms with Gasteiger partial charge < -0.3 is 15.4 Å². The van der Waals surface area contributed by atoms with Crippen LogP contribution in [0.3, 0.4) is 0 Å². The van der Waals surface area contributed by atoms with Crippen molar-refractivity contribution in [1.82, 2.24) is 9.55 Å². The minimum atomic E-state index is -0.991. The molecule has 3 rings (SSSR count). The fourth-order valence-corrected chi connectivity index (χ4v) is 2.78. The number of carbonyl (C=O) groups is 2. The molecular formula is C15H17N3O3. The van der Waals surface area contributed by atoms with Gasteiger partial charge >= 0.3 is 5.97 Å². The number of nitrogens with zero attached hydrogens (tertiary/aromatic N) is 2. The van der Waals surface area contributed by atoms with Crippen LogP contribution in [0.5, 0.6) is 0 Å². The minimum absolute atomic E-state index is 0.132. The summed E-state index contributed by atoms with van der Waals surface area (Å²) in [6.07, 6.45) is 2.31. The summed E-state index contributed by atoms with van der Waals surface area (Å²) in [5.74, 6) is -0.141. The van der Waals surface area contributed by atoms with Crippen molar-refractivity contribution >= 4 is 22.9 Å². The Morgan fingerprint density at radius 3 is 2.76 bits per heavy atom. The molecular weight excluding hydrogens is 270 g/mol. The summed E-state index contributed by atoms with van der Waals surface area (Å²) in [7, 11) is 0. The van der Waals surface area contributed by atoms with E-state index in [4.69, 9.17) is 5.73 Å². The average Bonchev–Trinajstić information content (AvgIpc) is 3.17. The molecule has 0 saturated heterocycles. The number of hydrogen-bond donors (Lipinski definition) is 2. The summed E-state index contributed by atoms with van der Waals surface area (Å²) in [5, 5.41) is 9.30. The molecule has 0 bridgehead atoms. The van der Waals surface area contributed by atoms with Crippen LogP contribution in [-0.2, 0) is 4.79 Å². The van der Waals surface area contributed by atoms with E-state index in [1.807, 2.05) is 17.6 Å². The maximum absolute atomic E-state index is 11.3. The fraction of sp³-hybridized carbons (Fsp3) is 0.400. The standard InChI is InChI=1S/C15H17N3O3/c1-8(7-12(16)19)18-11-4-2-3-10(15(20)21)13(11)17-14(18)9-5-6-9/h2-4,8-9H,5-7H2,1H3,(H2,16,19)(H,20,21). The number of rotatable bonds is 5. The van der Waals surface area contributed by atoms with E-state index in [9.17, 15) is 14.7 Å². The molecule has 6 nitrogen and oxygen atoms in total. The molecule has 0 aliphatic heterocycles. The number of carboxylic acid groups (broad SMARTS) is 1. The van der Waals surface area contributed by atoms with Gasteiger partial charge in [0.1, 0.15) is 11.3 Å². The van der Waals surface area contributed by atoms with Crippen molar-refractivity contribution in [2.75, 3.05) is 0 Å². The van der Waals surface area contributed by atoms with E-state index in [1.54, 1.807) is 12.1 Å². The third kappa shape index (κ3) is 2.37. The highest BCUT2D eigenvalue weighted by Gasteiger charge is 2.32. The van der Waals surface area contributed by atoms with Crippen molar-refractivity contribution in [1.29, 1.82) is 0 Å². The van der Waals surface area contributed by atoms with Crippen LogP contribution in [-0.4, -0.2) is 26.5 Å². The molecule has 1 aromatic heterocycles. The number of aromatic carboxylic acids is 1. The lowest BCUT2D eigenvalue weighted by molar-refractivity contribution is -0.118. The van der Waals surface area contributed by atoms with Crippen LogP contribution in [0.2, 0.25) is 0 Å². The van der Waals surface area contributed by atoms with Crippen molar-refractivity contribution in [2.45, 2.75) is 38.1 Å². The van der Waals surface area contributed by atoms with Crippen LogP contribution in [0, 0.1) is 0 Å². The van der Waals surface area contributed by atoms with Gasteiger partial charge in [0.25, 0.3) is 0 Å². The molecule has 1 atom stereocenters. The Morgan fingerprint density at radius 1 is 1.48 bits per heavy atom. The summed E-state index contributed by atoms with van der Waals surface area (Å²) in [5.41, 5.74) is 6.73. The van der Waals surface area contributed by atoms with Gasteiger partial charge in [-0.05, 0) is 31.9 Å². The van der Waals surface area contributed by atoms with Gasteiger partial charge in [0.05, 0.1) is 11.1 Å². The predicted molar refractivity (Wildman–Crippen MR) is 77.2 cm³/mol. The quantitative estimate of drug-likeness (QED) is 0.879. The predicted octanol–water partition coefficient (Wildman–Crippen LogP) is 2.05. The number of imidazole rings is 1. The number of carbonyl (C=O) groups excluding carboxylic acids is 1. The molecule has 1 aliphatic rings. The van der Waals surface area contributed by atoms with Gasteiger partial charge in [0.15, 0.2) is 0 Å². The summed E-state index contributed by atoms with van der Waals surface area (Å²) < 4.78 is 1.98. The largest absolute Gasteiger partial charge is 0.478 e. The first-order valence-corrected chi connectivity index (χ1v) is 7.01. The highest BCUT2D eigenvalue weighted by atomic mass is 16.4. The van der Waals surface area contributed by atoms with Crippen LogP contribution < -0.4 is 5.73 Å². The molecule has 1 heterocycles. The molecule has 1 aromatic carbocycles. The second kappa shape index (κ2) is 4.87. The first kappa shape index (κ1) is 13.6.